The molecule has 6 aliphatic carbocycles. The molecule has 10 N–H and O–H groups in total. The van der Waals surface area contributed by atoms with Crippen LogP contribution in [0.2, 0.25) is 0 Å². The summed E-state index contributed by atoms with van der Waals surface area (Å²) in [6.07, 6.45) is 23.0. The molecular formula is C80H107FN16O16S4. The second-order valence-corrected chi connectivity index (χ2v) is 38.7. The summed E-state index contributed by atoms with van der Waals surface area (Å²) in [6.45, 7) is 18.9. The molecule has 14 rings (SSSR count). The first-order valence-electron chi connectivity index (χ1n) is 39.4. The Morgan fingerprint density at radius 3 is 0.983 bits per heavy atom. The van der Waals surface area contributed by atoms with Crippen molar-refractivity contribution in [1.29, 1.82) is 0 Å². The van der Waals surface area contributed by atoms with Gasteiger partial charge in [-0.25, -0.2) is 42.5 Å². The molecule has 4 heterocycles. The first-order chi connectivity index (χ1) is 55.2. The van der Waals surface area contributed by atoms with Crippen LogP contribution in [0.15, 0.2) is 99.5 Å². The number of methoxy groups -OCH3 is 2. The van der Waals surface area contributed by atoms with Crippen molar-refractivity contribution in [3.63, 3.8) is 0 Å². The number of rotatable bonds is 24. The average molecular weight is 1700 g/mol. The Balaban J connectivity index is 0.000000153. The third-order valence-corrected chi connectivity index (χ3v) is 26.5. The summed E-state index contributed by atoms with van der Waals surface area (Å²) in [7, 11) is -13.3. The number of hydrogen-bond acceptors (Lipinski definition) is 20. The number of aliphatic hydroxyl groups is 2. The number of aromatic nitrogens is 8. The Kier molecular flexibility index (Phi) is 27.4. The number of nitrogens with one attached hydrogen (secondary N) is 8. The normalized spacial score (nSPS) is 15.2. The number of anilines is 4. The molecule has 0 aliphatic heterocycles. The molecule has 0 saturated carbocycles. The van der Waals surface area contributed by atoms with Crippen LogP contribution in [0.1, 0.15) is 204 Å². The molecule has 8 aromatic rings. The van der Waals surface area contributed by atoms with E-state index in [1.807, 2.05) is 60.1 Å². The molecule has 0 spiro atoms. The lowest BCUT2D eigenvalue weighted by molar-refractivity contribution is 0.00487. The maximum atomic E-state index is 14.1. The highest BCUT2D eigenvalue weighted by Crippen LogP contribution is 2.42. The number of aliphatic hydroxyl groups excluding tert-OH is 2. The quantitative estimate of drug-likeness (QED) is 0.0269. The number of sulfonamides is 4. The van der Waals surface area contributed by atoms with Gasteiger partial charge in [-0.1, -0.05) is 45.9 Å². The highest BCUT2D eigenvalue weighted by Gasteiger charge is 2.34. The monoisotopic (exact) mass is 1690 g/mol. The van der Waals surface area contributed by atoms with Crippen molar-refractivity contribution >= 4 is 87.0 Å². The number of fused-ring (bicyclic) bond motifs is 6. The maximum absolute atomic E-state index is 14.1. The van der Waals surface area contributed by atoms with Gasteiger partial charge in [0, 0.05) is 61.8 Å². The van der Waals surface area contributed by atoms with Gasteiger partial charge in [0.1, 0.15) is 5.82 Å². The highest BCUT2D eigenvalue weighted by molar-refractivity contribution is 7.90. The van der Waals surface area contributed by atoms with Gasteiger partial charge < -0.3 is 41.0 Å². The van der Waals surface area contributed by atoms with Gasteiger partial charge in [0.05, 0.1) is 49.6 Å². The summed E-state index contributed by atoms with van der Waals surface area (Å²) in [6, 6.07) is 11.1. The summed E-state index contributed by atoms with van der Waals surface area (Å²) >= 11 is 0. The smallest absolute Gasteiger partial charge is 0.333 e. The van der Waals surface area contributed by atoms with Gasteiger partial charge in [-0.3, -0.25) is 18.7 Å². The van der Waals surface area contributed by atoms with Crippen LogP contribution in [-0.2, 0) is 146 Å². The second-order valence-electron chi connectivity index (χ2n) is 32.2. The minimum absolute atomic E-state index is 0.0834. The van der Waals surface area contributed by atoms with Crippen molar-refractivity contribution in [2.45, 2.75) is 260 Å². The van der Waals surface area contributed by atoms with E-state index in [0.717, 1.165) is 166 Å². The van der Waals surface area contributed by atoms with Gasteiger partial charge in [-0.2, -0.15) is 54.1 Å². The predicted molar refractivity (Wildman–Crippen MR) is 438 cm³/mol. The number of halogens is 1. The largest absolute Gasteiger partial charge is 0.394 e. The van der Waals surface area contributed by atoms with Crippen molar-refractivity contribution < 1.29 is 76.9 Å². The molecule has 4 aromatic heterocycles. The Bertz CT molecular complexity index is 5410. The molecular weight excluding hydrogens is 1590 g/mol. The summed E-state index contributed by atoms with van der Waals surface area (Å²) in [4.78, 5) is 50.2. The summed E-state index contributed by atoms with van der Waals surface area (Å²) in [5.41, 5.74) is 17.3. The molecule has 634 valence electrons. The van der Waals surface area contributed by atoms with E-state index in [1.54, 1.807) is 34.3 Å². The Hall–Kier alpha value is -9.63. The van der Waals surface area contributed by atoms with Gasteiger partial charge in [-0.15, -0.1) is 0 Å². The molecule has 0 fully saturated rings. The van der Waals surface area contributed by atoms with Crippen LogP contribution in [0.4, 0.5) is 46.3 Å². The Morgan fingerprint density at radius 2 is 0.701 bits per heavy atom. The Morgan fingerprint density at radius 1 is 0.427 bits per heavy atom. The van der Waals surface area contributed by atoms with Gasteiger partial charge >= 0.3 is 24.1 Å². The highest BCUT2D eigenvalue weighted by atomic mass is 32.2. The number of hydrogen-bond donors (Lipinski definition) is 10. The van der Waals surface area contributed by atoms with Crippen LogP contribution >= 0.6 is 0 Å². The zero-order valence-corrected chi connectivity index (χ0v) is 71.3. The van der Waals surface area contributed by atoms with E-state index in [-0.39, 0.29) is 51.1 Å². The number of ether oxygens (including phenoxy) is 2. The number of urea groups is 4. The van der Waals surface area contributed by atoms with E-state index in [4.69, 9.17) is 9.47 Å². The minimum atomic E-state index is -4.20. The van der Waals surface area contributed by atoms with E-state index < -0.39 is 87.3 Å². The second kappa shape index (κ2) is 36.3. The van der Waals surface area contributed by atoms with Gasteiger partial charge in [0.2, 0.25) is 0 Å². The first kappa shape index (κ1) is 88.2. The van der Waals surface area contributed by atoms with Crippen LogP contribution in [-0.4, -0.2) is 145 Å². The third kappa shape index (κ3) is 21.5. The van der Waals surface area contributed by atoms with Crippen LogP contribution in [0, 0.1) is 5.82 Å². The number of nitrogens with zero attached hydrogens (tertiary/aromatic N) is 8. The first-order valence-corrected chi connectivity index (χ1v) is 45.3. The zero-order chi connectivity index (χ0) is 84.9. The molecule has 0 saturated heterocycles. The van der Waals surface area contributed by atoms with Crippen molar-refractivity contribution in [2.75, 3.05) is 42.1 Å². The average Bonchev–Trinajstić information content (AvgIpc) is 1.49. The number of benzene rings is 4. The predicted octanol–water partition coefficient (Wildman–Crippen LogP) is 10.7. The molecule has 0 radical (unpaired) electrons. The van der Waals surface area contributed by atoms with Crippen molar-refractivity contribution in [3.8, 4) is 0 Å². The molecule has 0 unspecified atom stereocenters. The van der Waals surface area contributed by atoms with Crippen LogP contribution < -0.4 is 40.2 Å². The number of carbonyl (C=O) groups excluding carboxylic acids is 4. The van der Waals surface area contributed by atoms with Gasteiger partial charge in [0.25, 0.3) is 40.1 Å². The standard InChI is InChI=1S/C21H31FN4O4S.C21H28N4O4S.2C19H24N4O4S/c1-13(2)16-10-15(22)11-17(14(3)4)19(16)23-20(27)25-31(28,29)18-8-9-26(24-18)12-21(5,6)30-7;1-21(2,29-3)13-25-11-10-18(23-25)30(27,28)24-20(26)22-19-16-8-4-6-14(16)12-15-7-5-9-17(15)19;1-12(11-24)23-9-8-17(21-23)28(26,27)22-19(25)20-18-15-6-2-4-13(15)10-14-5-3-7-16(14)18;1-12(24)11-23-9-8-17(21-23)28(26,27)22-19(25)20-18-15-6-2-4-13(15)10-14-5-3-7-16(14)18/h8-11,13-14H,12H2,1-7H3,(H2,23,25,27);10-12H,4-9,13H2,1-3H3,(H2,22,24,26);2*8-10,12,24H,2-7,11H2,1H3,(H2,20,22,25)/t;;2*12-/m..01/s1. The van der Waals surface area contributed by atoms with Crippen molar-refractivity contribution in [2.24, 2.45) is 0 Å². The molecule has 37 heteroatoms. The van der Waals surface area contributed by atoms with E-state index in [0.29, 0.717) is 29.9 Å². The molecule has 2 atom stereocenters. The van der Waals surface area contributed by atoms with Crippen molar-refractivity contribution in [1.82, 2.24) is 58.0 Å². The lowest BCUT2D eigenvalue weighted by atomic mass is 9.92. The van der Waals surface area contributed by atoms with E-state index in [2.05, 4.69) is 74.0 Å². The van der Waals surface area contributed by atoms with E-state index in [9.17, 15) is 67.5 Å². The number of carbonyl (C=O) groups is 4. The lowest BCUT2D eigenvalue weighted by Gasteiger charge is -2.22. The minimum Gasteiger partial charge on any atom is -0.394 e. The fourth-order valence-corrected chi connectivity index (χ4v) is 19.0. The SMILES string of the molecule is COC(C)(C)Cn1ccc(S(=O)(=O)NC(=O)Nc2c(C(C)C)cc(F)cc2C(C)C)n1.COC(C)(C)Cn1ccc(S(=O)(=O)NC(=O)Nc2c3c(cc4c2CCC4)CCC3)n1.C[C@@H](CO)n1ccc(S(=O)(=O)NC(=O)Nc2c3c(cc4c2CCC4)CCC3)n1.C[C@@H](O)Cn1ccc(S(=O)(=O)NC(=O)Nc2c3c(cc4c2CCC4)CCC3)n1. The van der Waals surface area contributed by atoms with E-state index >= 15 is 0 Å². The molecule has 32 nitrogen and oxygen atoms in total. The zero-order valence-electron chi connectivity index (χ0n) is 68.1. The molecule has 4 aromatic carbocycles. The van der Waals surface area contributed by atoms with E-state index in [1.165, 1.54) is 107 Å². The summed E-state index contributed by atoms with van der Waals surface area (Å²) in [5, 5.41) is 44.6. The number of amides is 8. The fraction of sp³-hybridized carbons (Fsp3) is 0.500. The van der Waals surface area contributed by atoms with Crippen LogP contribution in [0.5, 0.6) is 0 Å². The Labute approximate surface area is 682 Å². The summed E-state index contributed by atoms with van der Waals surface area (Å²) < 4.78 is 139. The molecule has 6 aliphatic rings. The fourth-order valence-electron chi connectivity index (χ4n) is 15.6. The topological polar surface area (TPSA) is 431 Å². The van der Waals surface area contributed by atoms with Gasteiger partial charge in [-0.05, 0) is 283 Å². The van der Waals surface area contributed by atoms with Crippen molar-refractivity contribution in [3.05, 3.63) is 163 Å². The molecule has 8 amide bonds. The van der Waals surface area contributed by atoms with Crippen LogP contribution in [0.3, 0.4) is 0 Å². The summed E-state index contributed by atoms with van der Waals surface area (Å²) in [5.74, 6) is -0.574. The molecule has 0 bridgehead atoms. The number of aryl methyl sites for hydroxylation is 6. The lowest BCUT2D eigenvalue weighted by Crippen LogP contribution is -2.35. The van der Waals surface area contributed by atoms with Gasteiger partial charge in [0.15, 0.2) is 20.1 Å². The molecule has 117 heavy (non-hydrogen) atoms. The third-order valence-electron chi connectivity index (χ3n) is 21.6. The maximum Gasteiger partial charge on any atom is 0.333 e. The van der Waals surface area contributed by atoms with Crippen LogP contribution in [0.25, 0.3) is 0 Å².